The number of benzene rings is 2. The first-order valence-corrected chi connectivity index (χ1v) is 7.23. The van der Waals surface area contributed by atoms with E-state index in [0.29, 0.717) is 6.42 Å². The van der Waals surface area contributed by atoms with E-state index in [9.17, 15) is 4.79 Å². The molecule has 0 aliphatic carbocycles. The second kappa shape index (κ2) is 6.26. The van der Waals surface area contributed by atoms with Gasteiger partial charge in [0.2, 0.25) is 0 Å². The molecule has 3 aromatic carbocycles. The van der Waals surface area contributed by atoms with Crippen LogP contribution < -0.4 is 5.43 Å². The quantitative estimate of drug-likeness (QED) is 0.691. The van der Waals surface area contributed by atoms with Gasteiger partial charge in [-0.05, 0) is 16.3 Å². The van der Waals surface area contributed by atoms with Gasteiger partial charge in [-0.3, -0.25) is 4.79 Å². The molecule has 3 aromatic rings. The maximum absolute atomic E-state index is 12.7. The van der Waals surface area contributed by atoms with Crippen molar-refractivity contribution in [2.24, 2.45) is 0 Å². The second-order valence-corrected chi connectivity index (χ2v) is 5.28. The van der Waals surface area contributed by atoms with E-state index < -0.39 is 0 Å². The predicted molar refractivity (Wildman–Crippen MR) is 89.2 cm³/mol. The van der Waals surface area contributed by atoms with Gasteiger partial charge in [0.15, 0.2) is 11.7 Å². The molecule has 3 nitrogen and oxygen atoms in total. The summed E-state index contributed by atoms with van der Waals surface area (Å²) in [7, 11) is 3.25. The van der Waals surface area contributed by atoms with E-state index in [1.165, 1.54) is 0 Å². The molecule has 0 unspecified atom stereocenters. The van der Waals surface area contributed by atoms with Gasteiger partial charge in [-0.15, -0.1) is 0 Å². The third-order valence-electron chi connectivity index (χ3n) is 3.94. The largest absolute Gasteiger partial charge is 0.356 e. The van der Waals surface area contributed by atoms with Crippen LogP contribution in [0.1, 0.15) is 5.56 Å². The molecule has 3 heteroatoms. The van der Waals surface area contributed by atoms with Gasteiger partial charge in [0.25, 0.3) is 0 Å². The fraction of sp³-hybridized carbons (Fsp3) is 0.211. The number of hydrogen-bond acceptors (Lipinski definition) is 3. The molecule has 0 saturated heterocycles. The Morgan fingerprint density at radius 1 is 0.864 bits per heavy atom. The monoisotopic (exact) mass is 294 g/mol. The Bertz CT molecular complexity index is 867. The minimum Gasteiger partial charge on any atom is -0.356 e. The Morgan fingerprint density at radius 3 is 2.32 bits per heavy atom. The minimum absolute atomic E-state index is 0.0668. The summed E-state index contributed by atoms with van der Waals surface area (Å²) in [5, 5.41) is 3.37. The number of rotatable bonds is 4. The van der Waals surface area contributed by atoms with Crippen molar-refractivity contribution < 1.29 is 9.47 Å². The Hall–Kier alpha value is -2.23. The first-order chi connectivity index (χ1) is 10.7. The lowest BCUT2D eigenvalue weighted by Crippen LogP contribution is -2.16. The van der Waals surface area contributed by atoms with Crippen molar-refractivity contribution in [3.8, 4) is 0 Å². The molecule has 0 aromatic heterocycles. The lowest BCUT2D eigenvalue weighted by atomic mass is 10.1. The van der Waals surface area contributed by atoms with Gasteiger partial charge in [-0.1, -0.05) is 54.6 Å². The molecule has 0 bridgehead atoms. The van der Waals surface area contributed by atoms with Crippen molar-refractivity contribution in [2.45, 2.75) is 12.7 Å². The summed E-state index contributed by atoms with van der Waals surface area (Å²) in [5.41, 5.74) is 1.15. The zero-order valence-corrected chi connectivity index (χ0v) is 12.7. The summed E-state index contributed by atoms with van der Waals surface area (Å²) >= 11 is 0. The van der Waals surface area contributed by atoms with Crippen molar-refractivity contribution in [3.05, 3.63) is 70.4 Å². The van der Waals surface area contributed by atoms with Crippen LogP contribution in [0.4, 0.5) is 0 Å². The van der Waals surface area contributed by atoms with Crippen molar-refractivity contribution in [3.63, 3.8) is 0 Å². The first-order valence-electron chi connectivity index (χ1n) is 7.23. The summed E-state index contributed by atoms with van der Waals surface area (Å²) in [5.74, 6) is 0. The highest BCUT2D eigenvalue weighted by Crippen LogP contribution is 2.18. The maximum atomic E-state index is 12.7. The van der Waals surface area contributed by atoms with Gasteiger partial charge >= 0.3 is 0 Å². The standard InChI is InChI=1S/C19H18O3/c1-21-18(22-2)12-13-7-10-17-15(11-13)9-8-14-5-3-4-6-16(14)19(17)20/h3-11,18H,12H2,1-2H3. The van der Waals surface area contributed by atoms with E-state index in [4.69, 9.17) is 9.47 Å². The Labute approximate surface area is 129 Å². The molecule has 0 aliphatic rings. The van der Waals surface area contributed by atoms with Crippen LogP contribution in [0.15, 0.2) is 59.4 Å². The molecule has 22 heavy (non-hydrogen) atoms. The van der Waals surface area contributed by atoms with Crippen LogP contribution >= 0.6 is 0 Å². The number of methoxy groups -OCH3 is 2. The van der Waals surface area contributed by atoms with E-state index in [2.05, 4.69) is 0 Å². The van der Waals surface area contributed by atoms with Crippen molar-refractivity contribution in [1.29, 1.82) is 0 Å². The predicted octanol–water partition coefficient (Wildman–Crippen LogP) is 3.51. The fourth-order valence-corrected chi connectivity index (χ4v) is 2.71. The topological polar surface area (TPSA) is 35.5 Å². The molecule has 112 valence electrons. The number of ether oxygens (including phenoxy) is 2. The molecular formula is C19H18O3. The zero-order valence-electron chi connectivity index (χ0n) is 12.7. The molecule has 0 atom stereocenters. The average molecular weight is 294 g/mol. The van der Waals surface area contributed by atoms with Crippen molar-refractivity contribution in [1.82, 2.24) is 0 Å². The third kappa shape index (κ3) is 2.73. The van der Waals surface area contributed by atoms with Crippen LogP contribution in [0.3, 0.4) is 0 Å². The lowest BCUT2D eigenvalue weighted by molar-refractivity contribution is -0.100. The summed E-state index contributed by atoms with van der Waals surface area (Å²) < 4.78 is 10.5. The van der Waals surface area contributed by atoms with Crippen LogP contribution in [0.5, 0.6) is 0 Å². The van der Waals surface area contributed by atoms with Gasteiger partial charge in [0.1, 0.15) is 0 Å². The van der Waals surface area contributed by atoms with Crippen molar-refractivity contribution in [2.75, 3.05) is 14.2 Å². The molecule has 0 aliphatic heterocycles. The smallest absolute Gasteiger partial charge is 0.194 e. The first kappa shape index (κ1) is 14.7. The van der Waals surface area contributed by atoms with Gasteiger partial charge in [0, 0.05) is 31.4 Å². The summed E-state index contributed by atoms with van der Waals surface area (Å²) in [6.07, 6.45) is 0.371. The molecule has 0 heterocycles. The van der Waals surface area contributed by atoms with Gasteiger partial charge in [0.05, 0.1) is 0 Å². The lowest BCUT2D eigenvalue weighted by Gasteiger charge is -2.13. The molecular weight excluding hydrogens is 276 g/mol. The zero-order chi connectivity index (χ0) is 15.5. The summed E-state index contributed by atoms with van der Waals surface area (Å²) in [6, 6.07) is 17.5. The van der Waals surface area contributed by atoms with E-state index >= 15 is 0 Å². The third-order valence-corrected chi connectivity index (χ3v) is 3.94. The van der Waals surface area contributed by atoms with Crippen LogP contribution in [0.25, 0.3) is 21.5 Å². The van der Waals surface area contributed by atoms with Gasteiger partial charge in [-0.2, -0.15) is 0 Å². The molecule has 0 saturated carbocycles. The number of hydrogen-bond donors (Lipinski definition) is 0. The van der Waals surface area contributed by atoms with Crippen LogP contribution in [-0.4, -0.2) is 20.5 Å². The molecule has 3 rings (SSSR count). The highest BCUT2D eigenvalue weighted by atomic mass is 16.7. The van der Waals surface area contributed by atoms with E-state index in [1.807, 2.05) is 54.6 Å². The van der Waals surface area contributed by atoms with Gasteiger partial charge in [-0.25, -0.2) is 0 Å². The van der Waals surface area contributed by atoms with Crippen LogP contribution in [0, 0.1) is 0 Å². The summed E-state index contributed by atoms with van der Waals surface area (Å²) in [4.78, 5) is 12.7. The molecule has 0 radical (unpaired) electrons. The second-order valence-electron chi connectivity index (χ2n) is 5.28. The fourth-order valence-electron chi connectivity index (χ4n) is 2.71. The Morgan fingerprint density at radius 2 is 1.55 bits per heavy atom. The molecule has 0 spiro atoms. The molecule has 0 fully saturated rings. The minimum atomic E-state index is -0.277. The van der Waals surface area contributed by atoms with Crippen LogP contribution in [-0.2, 0) is 15.9 Å². The normalized spacial score (nSPS) is 11.4. The maximum Gasteiger partial charge on any atom is 0.194 e. The molecule has 0 N–H and O–H groups in total. The van der Waals surface area contributed by atoms with E-state index in [1.54, 1.807) is 14.2 Å². The molecule has 0 amide bonds. The highest BCUT2D eigenvalue weighted by molar-refractivity contribution is 5.93. The van der Waals surface area contributed by atoms with E-state index in [0.717, 1.165) is 27.1 Å². The SMILES string of the molecule is COC(Cc1ccc2c(=O)c3ccccc3ccc2c1)OC. The van der Waals surface area contributed by atoms with Gasteiger partial charge < -0.3 is 9.47 Å². The van der Waals surface area contributed by atoms with Crippen LogP contribution in [0.2, 0.25) is 0 Å². The van der Waals surface area contributed by atoms with Crippen molar-refractivity contribution >= 4 is 21.5 Å². The van der Waals surface area contributed by atoms with E-state index in [-0.39, 0.29) is 11.7 Å². The Balaban J connectivity index is 2.17. The summed E-state index contributed by atoms with van der Waals surface area (Å²) in [6.45, 7) is 0. The average Bonchev–Trinajstić information content (AvgIpc) is 2.70. The Kier molecular flexibility index (Phi) is 4.18. The highest BCUT2D eigenvalue weighted by Gasteiger charge is 2.08. The number of fused-ring (bicyclic) bond motifs is 2.